The van der Waals surface area contributed by atoms with E-state index in [1.54, 1.807) is 14.2 Å². The van der Waals surface area contributed by atoms with Crippen molar-refractivity contribution in [1.82, 2.24) is 0 Å². The maximum absolute atomic E-state index is 9.26. The molecule has 1 aromatic carbocycles. The molecule has 1 aliphatic carbocycles. The minimum atomic E-state index is -0.0183. The molecule has 0 aliphatic heterocycles. The second-order valence-electron chi connectivity index (χ2n) is 4.57. The van der Waals surface area contributed by atoms with Gasteiger partial charge >= 0.3 is 0 Å². The van der Waals surface area contributed by atoms with E-state index in [1.165, 1.54) is 5.57 Å². The largest absolute Gasteiger partial charge is 0.496 e. The Bertz CT molecular complexity index is 476. The van der Waals surface area contributed by atoms with Gasteiger partial charge in [0.15, 0.2) is 0 Å². The van der Waals surface area contributed by atoms with Crippen LogP contribution in [0.4, 0.5) is 0 Å². The van der Waals surface area contributed by atoms with E-state index in [4.69, 9.17) is 9.47 Å². The number of aliphatic hydroxyl groups excluding tert-OH is 1. The maximum Gasteiger partial charge on any atom is 0.126 e. The fourth-order valence-electron chi connectivity index (χ4n) is 2.31. The van der Waals surface area contributed by atoms with Gasteiger partial charge in [-0.2, -0.15) is 0 Å². The molecule has 1 aromatic rings. The Labute approximate surface area is 114 Å². The Morgan fingerprint density at radius 3 is 2.26 bits per heavy atom. The van der Waals surface area contributed by atoms with E-state index in [-0.39, 0.29) is 6.61 Å². The van der Waals surface area contributed by atoms with Gasteiger partial charge in [-0.05, 0) is 36.1 Å². The summed E-state index contributed by atoms with van der Waals surface area (Å²) >= 11 is 0. The number of ether oxygens (including phenoxy) is 2. The van der Waals surface area contributed by atoms with E-state index in [0.29, 0.717) is 0 Å². The van der Waals surface area contributed by atoms with Crippen LogP contribution in [0.1, 0.15) is 24.0 Å². The predicted octanol–water partition coefficient (Wildman–Crippen LogP) is 3.02. The Morgan fingerprint density at radius 2 is 1.79 bits per heavy atom. The second-order valence-corrected chi connectivity index (χ2v) is 4.57. The second kappa shape index (κ2) is 6.43. The number of methoxy groups -OCH3 is 2. The number of benzene rings is 1. The molecule has 0 bridgehead atoms. The van der Waals surface area contributed by atoms with Gasteiger partial charge in [0.1, 0.15) is 11.5 Å². The van der Waals surface area contributed by atoms with Gasteiger partial charge in [0.2, 0.25) is 0 Å². The molecule has 0 aromatic heterocycles. The lowest BCUT2D eigenvalue weighted by Crippen LogP contribution is -2.01. The summed E-state index contributed by atoms with van der Waals surface area (Å²) in [6.07, 6.45) is 9.58. The van der Waals surface area contributed by atoms with Gasteiger partial charge < -0.3 is 14.6 Å². The summed E-state index contributed by atoms with van der Waals surface area (Å²) < 4.78 is 10.9. The van der Waals surface area contributed by atoms with Crippen LogP contribution >= 0.6 is 0 Å². The van der Waals surface area contributed by atoms with Crippen LogP contribution in [0.3, 0.4) is 0 Å². The molecule has 1 N–H and O–H groups in total. The molecule has 0 amide bonds. The van der Waals surface area contributed by atoms with E-state index >= 15 is 0 Å². The summed E-state index contributed by atoms with van der Waals surface area (Å²) in [5.41, 5.74) is 3.10. The molecule has 0 radical (unpaired) electrons. The van der Waals surface area contributed by atoms with Crippen LogP contribution < -0.4 is 9.47 Å². The summed E-state index contributed by atoms with van der Waals surface area (Å²) in [6, 6.07) is 3.73. The van der Waals surface area contributed by atoms with Crippen molar-refractivity contribution >= 4 is 0 Å². The van der Waals surface area contributed by atoms with Gasteiger partial charge in [-0.25, -0.2) is 0 Å². The minimum absolute atomic E-state index is 0.0183. The third kappa shape index (κ3) is 3.18. The molecule has 0 fully saturated rings. The van der Waals surface area contributed by atoms with E-state index < -0.39 is 0 Å². The number of hydrogen-bond acceptors (Lipinski definition) is 3. The fourth-order valence-corrected chi connectivity index (χ4v) is 2.31. The average molecular weight is 260 g/mol. The summed E-state index contributed by atoms with van der Waals surface area (Å²) in [7, 11) is 3.29. The van der Waals surface area contributed by atoms with E-state index in [9.17, 15) is 5.11 Å². The SMILES string of the molecule is COc1cc(CO)cc(OC)c1CC1=CCCC=C1. The molecular formula is C16H20O3. The highest BCUT2D eigenvalue weighted by Gasteiger charge is 2.14. The zero-order valence-corrected chi connectivity index (χ0v) is 11.5. The first-order valence-corrected chi connectivity index (χ1v) is 6.48. The molecule has 2 rings (SSSR count). The first-order chi connectivity index (χ1) is 9.28. The van der Waals surface area contributed by atoms with Gasteiger partial charge in [-0.15, -0.1) is 0 Å². The van der Waals surface area contributed by atoms with Gasteiger partial charge in [0, 0.05) is 12.0 Å². The first-order valence-electron chi connectivity index (χ1n) is 6.48. The highest BCUT2D eigenvalue weighted by molar-refractivity contribution is 5.51. The molecular weight excluding hydrogens is 240 g/mol. The summed E-state index contributed by atoms with van der Waals surface area (Å²) in [5.74, 6) is 1.53. The van der Waals surface area contributed by atoms with Gasteiger partial charge in [0.25, 0.3) is 0 Å². The van der Waals surface area contributed by atoms with Crippen LogP contribution in [0.15, 0.2) is 35.9 Å². The van der Waals surface area contributed by atoms with Crippen molar-refractivity contribution in [2.45, 2.75) is 25.9 Å². The van der Waals surface area contributed by atoms with E-state index in [1.807, 2.05) is 12.1 Å². The lowest BCUT2D eigenvalue weighted by Gasteiger charge is -2.16. The first kappa shape index (κ1) is 13.7. The Morgan fingerprint density at radius 1 is 1.11 bits per heavy atom. The highest BCUT2D eigenvalue weighted by Crippen LogP contribution is 2.33. The van der Waals surface area contributed by atoms with Crippen molar-refractivity contribution in [3.63, 3.8) is 0 Å². The Balaban J connectivity index is 2.36. The molecule has 3 nitrogen and oxygen atoms in total. The molecule has 1 aliphatic rings. The Kier molecular flexibility index (Phi) is 4.63. The zero-order valence-electron chi connectivity index (χ0n) is 11.5. The van der Waals surface area contributed by atoms with Crippen LogP contribution in [0.2, 0.25) is 0 Å². The van der Waals surface area contributed by atoms with Gasteiger partial charge in [-0.1, -0.05) is 18.2 Å². The summed E-state index contributed by atoms with van der Waals surface area (Å²) in [5, 5.41) is 9.26. The molecule has 0 atom stereocenters. The van der Waals surface area contributed by atoms with Crippen molar-refractivity contribution in [2.75, 3.05) is 14.2 Å². The third-order valence-corrected chi connectivity index (χ3v) is 3.30. The van der Waals surface area contributed by atoms with Crippen LogP contribution in [0.25, 0.3) is 0 Å². The number of aliphatic hydroxyl groups is 1. The lowest BCUT2D eigenvalue weighted by atomic mass is 9.97. The van der Waals surface area contributed by atoms with Crippen molar-refractivity contribution in [3.05, 3.63) is 47.1 Å². The van der Waals surface area contributed by atoms with Crippen molar-refractivity contribution in [1.29, 1.82) is 0 Å². The molecule has 0 saturated heterocycles. The molecule has 19 heavy (non-hydrogen) atoms. The highest BCUT2D eigenvalue weighted by atomic mass is 16.5. The predicted molar refractivity (Wildman–Crippen MR) is 75.6 cm³/mol. The molecule has 0 heterocycles. The van der Waals surface area contributed by atoms with Gasteiger partial charge in [0.05, 0.1) is 20.8 Å². The van der Waals surface area contributed by atoms with Crippen LogP contribution in [-0.4, -0.2) is 19.3 Å². The molecule has 3 heteroatoms. The lowest BCUT2D eigenvalue weighted by molar-refractivity contribution is 0.279. The van der Waals surface area contributed by atoms with E-state index in [2.05, 4.69) is 18.2 Å². The Hall–Kier alpha value is -1.74. The molecule has 102 valence electrons. The summed E-state index contributed by atoms with van der Waals surface area (Å²) in [4.78, 5) is 0. The standard InChI is InChI=1S/C16H20O3/c1-18-15-9-13(11-17)10-16(19-2)14(15)8-12-6-4-3-5-7-12/h4,6-7,9-10,17H,3,5,8,11H2,1-2H3. The number of hydrogen-bond donors (Lipinski definition) is 1. The van der Waals surface area contributed by atoms with E-state index in [0.717, 1.165) is 41.9 Å². The fraction of sp³-hybridized carbons (Fsp3) is 0.375. The number of allylic oxidation sites excluding steroid dienone is 4. The zero-order chi connectivity index (χ0) is 13.7. The quantitative estimate of drug-likeness (QED) is 0.884. The normalized spacial score (nSPS) is 14.2. The van der Waals surface area contributed by atoms with Crippen molar-refractivity contribution in [2.24, 2.45) is 0 Å². The minimum Gasteiger partial charge on any atom is -0.496 e. The van der Waals surface area contributed by atoms with Gasteiger partial charge in [-0.3, -0.25) is 0 Å². The molecule has 0 saturated carbocycles. The number of rotatable bonds is 5. The maximum atomic E-state index is 9.26. The third-order valence-electron chi connectivity index (χ3n) is 3.30. The molecule has 0 unspecified atom stereocenters. The monoisotopic (exact) mass is 260 g/mol. The van der Waals surface area contributed by atoms with Crippen LogP contribution in [-0.2, 0) is 13.0 Å². The van der Waals surface area contributed by atoms with Crippen LogP contribution in [0, 0.1) is 0 Å². The smallest absolute Gasteiger partial charge is 0.126 e. The van der Waals surface area contributed by atoms with Crippen molar-refractivity contribution in [3.8, 4) is 11.5 Å². The van der Waals surface area contributed by atoms with Crippen LogP contribution in [0.5, 0.6) is 11.5 Å². The molecule has 0 spiro atoms. The average Bonchev–Trinajstić information content (AvgIpc) is 2.48. The topological polar surface area (TPSA) is 38.7 Å². The van der Waals surface area contributed by atoms with Crippen molar-refractivity contribution < 1.29 is 14.6 Å². The summed E-state index contributed by atoms with van der Waals surface area (Å²) in [6.45, 7) is -0.0183.